The molecular weight excluding hydrogens is 338 g/mol. The Morgan fingerprint density at radius 3 is 2.58 bits per heavy atom. The summed E-state index contributed by atoms with van der Waals surface area (Å²) >= 11 is 1.83. The molecule has 0 spiro atoms. The van der Waals surface area contributed by atoms with Crippen molar-refractivity contribution in [3.8, 4) is 0 Å². The molecule has 2 atom stereocenters. The molecule has 2 aromatic rings. The minimum Gasteiger partial charge on any atom is -0.298 e. The van der Waals surface area contributed by atoms with Crippen molar-refractivity contribution in [2.45, 2.75) is 57.7 Å². The zero-order chi connectivity index (χ0) is 17.5. The molecule has 4 heterocycles. The number of nitrogens with zero attached hydrogens (tertiary/aromatic N) is 3. The number of aryl methyl sites for hydroxylation is 1. The second-order valence-electron chi connectivity index (χ2n) is 8.40. The molecule has 1 aliphatic carbocycles. The number of piperidine rings is 1. The van der Waals surface area contributed by atoms with Gasteiger partial charge in [0.2, 0.25) is 0 Å². The second-order valence-corrected chi connectivity index (χ2v) is 9.34. The van der Waals surface area contributed by atoms with Gasteiger partial charge in [0.05, 0.1) is 10.7 Å². The van der Waals surface area contributed by atoms with Gasteiger partial charge in [-0.1, -0.05) is 31.2 Å². The lowest BCUT2D eigenvalue weighted by molar-refractivity contribution is 0.119. The average Bonchev–Trinajstić information content (AvgIpc) is 3.20. The third kappa shape index (κ3) is 3.23. The first-order valence-corrected chi connectivity index (χ1v) is 11.1. The average molecular weight is 368 g/mol. The van der Waals surface area contributed by atoms with Gasteiger partial charge in [-0.3, -0.25) is 9.80 Å². The van der Waals surface area contributed by atoms with E-state index in [-0.39, 0.29) is 0 Å². The summed E-state index contributed by atoms with van der Waals surface area (Å²) in [6.45, 7) is 7.06. The molecule has 2 bridgehead atoms. The topological polar surface area (TPSA) is 19.4 Å². The lowest BCUT2D eigenvalue weighted by Crippen LogP contribution is -2.44. The predicted octanol–water partition coefficient (Wildman–Crippen LogP) is 3.77. The van der Waals surface area contributed by atoms with E-state index < -0.39 is 0 Å². The lowest BCUT2D eigenvalue weighted by atomic mass is 9.95. The smallest absolute Gasteiger partial charge is 0.0926 e. The van der Waals surface area contributed by atoms with Crippen LogP contribution >= 0.6 is 11.3 Å². The number of fused-ring (bicyclic) bond motifs is 5. The highest BCUT2D eigenvalue weighted by atomic mass is 32.1. The summed E-state index contributed by atoms with van der Waals surface area (Å²) in [5.74, 6) is 0.835. The minimum atomic E-state index is 0.712. The van der Waals surface area contributed by atoms with Gasteiger partial charge in [0.25, 0.3) is 0 Å². The summed E-state index contributed by atoms with van der Waals surface area (Å²) < 4.78 is 0. The van der Waals surface area contributed by atoms with Crippen molar-refractivity contribution in [1.82, 2.24) is 14.8 Å². The minimum absolute atomic E-state index is 0.712. The molecule has 3 saturated heterocycles. The Morgan fingerprint density at radius 2 is 1.85 bits per heavy atom. The van der Waals surface area contributed by atoms with Gasteiger partial charge in [-0.15, -0.1) is 11.3 Å². The fourth-order valence-electron chi connectivity index (χ4n) is 5.29. The maximum absolute atomic E-state index is 4.82. The normalized spacial score (nSPS) is 27.0. The van der Waals surface area contributed by atoms with Crippen LogP contribution in [0.2, 0.25) is 0 Å². The van der Waals surface area contributed by atoms with Gasteiger partial charge in [0.15, 0.2) is 0 Å². The quantitative estimate of drug-likeness (QED) is 0.820. The van der Waals surface area contributed by atoms with E-state index in [1.165, 1.54) is 56.0 Å². The Balaban J connectivity index is 1.28. The summed E-state index contributed by atoms with van der Waals surface area (Å²) in [7, 11) is 0. The van der Waals surface area contributed by atoms with Crippen molar-refractivity contribution in [2.24, 2.45) is 5.92 Å². The molecule has 6 rings (SSSR count). The van der Waals surface area contributed by atoms with E-state index in [1.54, 1.807) is 11.1 Å². The largest absolute Gasteiger partial charge is 0.298 e. The molecule has 3 fully saturated rings. The molecule has 0 saturated carbocycles. The Morgan fingerprint density at radius 1 is 1.04 bits per heavy atom. The first-order valence-electron chi connectivity index (χ1n) is 10.3. The Labute approximate surface area is 161 Å². The van der Waals surface area contributed by atoms with Gasteiger partial charge in [0.1, 0.15) is 0 Å². The van der Waals surface area contributed by atoms with Gasteiger partial charge in [-0.25, -0.2) is 4.98 Å². The van der Waals surface area contributed by atoms with E-state index in [4.69, 9.17) is 4.98 Å². The van der Waals surface area contributed by atoms with Crippen LogP contribution in [0.4, 0.5) is 0 Å². The zero-order valence-corrected chi connectivity index (χ0v) is 16.5. The van der Waals surface area contributed by atoms with Gasteiger partial charge in [-0.05, 0) is 49.1 Å². The van der Waals surface area contributed by atoms with Crippen molar-refractivity contribution in [3.63, 3.8) is 0 Å². The van der Waals surface area contributed by atoms with Crippen molar-refractivity contribution in [3.05, 3.63) is 51.5 Å². The summed E-state index contributed by atoms with van der Waals surface area (Å²) in [6.07, 6.45) is 6.34. The van der Waals surface area contributed by atoms with Crippen molar-refractivity contribution in [2.75, 3.05) is 19.6 Å². The van der Waals surface area contributed by atoms with Crippen LogP contribution in [-0.2, 0) is 25.8 Å². The van der Waals surface area contributed by atoms with E-state index >= 15 is 0 Å². The fourth-order valence-corrected chi connectivity index (χ4v) is 6.03. The number of hydrogen-bond acceptors (Lipinski definition) is 4. The summed E-state index contributed by atoms with van der Waals surface area (Å²) in [5.41, 5.74) is 4.46. The van der Waals surface area contributed by atoms with Crippen LogP contribution in [0.3, 0.4) is 0 Å². The molecule has 3 aliphatic heterocycles. The molecule has 0 amide bonds. The van der Waals surface area contributed by atoms with E-state index in [9.17, 15) is 0 Å². The van der Waals surface area contributed by atoms with Crippen molar-refractivity contribution < 1.29 is 0 Å². The van der Waals surface area contributed by atoms with E-state index in [0.717, 1.165) is 24.9 Å². The van der Waals surface area contributed by atoms with Crippen LogP contribution in [0.1, 0.15) is 41.6 Å². The Kier molecular flexibility index (Phi) is 4.59. The predicted molar refractivity (Wildman–Crippen MR) is 108 cm³/mol. The molecule has 4 heteroatoms. The van der Waals surface area contributed by atoms with E-state index in [1.807, 2.05) is 11.3 Å². The highest BCUT2D eigenvalue weighted by Gasteiger charge is 2.38. The molecular formula is C22H29N3S. The van der Waals surface area contributed by atoms with Crippen LogP contribution in [0.5, 0.6) is 0 Å². The summed E-state index contributed by atoms with van der Waals surface area (Å²) in [6, 6.07) is 10.5. The maximum Gasteiger partial charge on any atom is 0.0926 e. The standard InChI is InChI=1S/C22H29N3S/c1-2-22-23-19(15-26-22)13-24-11-16-7-8-20(24)14-25(12-16)21-9-17-5-3-4-6-18(17)10-21/h3-6,15-16,20-21H,2,7-14H2,1H3/t16-,20-/m1/s1. The number of benzene rings is 1. The number of thiazole rings is 1. The zero-order valence-electron chi connectivity index (χ0n) is 15.7. The molecule has 1 aromatic heterocycles. The first kappa shape index (κ1) is 16.9. The monoisotopic (exact) mass is 367 g/mol. The third-order valence-corrected chi connectivity index (χ3v) is 7.71. The number of aromatic nitrogens is 1. The molecule has 4 aliphatic rings. The highest BCUT2D eigenvalue weighted by Crippen LogP contribution is 2.33. The molecule has 1 aromatic carbocycles. The van der Waals surface area contributed by atoms with E-state index in [0.29, 0.717) is 6.04 Å². The van der Waals surface area contributed by atoms with Crippen LogP contribution in [0.15, 0.2) is 29.6 Å². The first-order chi connectivity index (χ1) is 12.8. The van der Waals surface area contributed by atoms with Crippen LogP contribution in [-0.4, -0.2) is 46.5 Å². The molecule has 138 valence electrons. The summed E-state index contributed by atoms with van der Waals surface area (Å²) in [4.78, 5) is 10.4. The summed E-state index contributed by atoms with van der Waals surface area (Å²) in [5, 5.41) is 3.56. The van der Waals surface area contributed by atoms with Crippen LogP contribution in [0, 0.1) is 5.92 Å². The molecule has 3 nitrogen and oxygen atoms in total. The molecule has 26 heavy (non-hydrogen) atoms. The van der Waals surface area contributed by atoms with Crippen LogP contribution < -0.4 is 0 Å². The SMILES string of the molecule is CCc1nc(CN2C[C@H]3CC[C@@H]2CN(C2Cc4ccccc4C2)C3)cs1. The molecule has 0 N–H and O–H groups in total. The molecule has 0 unspecified atom stereocenters. The van der Waals surface area contributed by atoms with Gasteiger partial charge in [-0.2, -0.15) is 0 Å². The maximum atomic E-state index is 4.82. The van der Waals surface area contributed by atoms with Crippen molar-refractivity contribution >= 4 is 11.3 Å². The fraction of sp³-hybridized carbons (Fsp3) is 0.591. The van der Waals surface area contributed by atoms with E-state index in [2.05, 4.69) is 46.4 Å². The van der Waals surface area contributed by atoms with Gasteiger partial charge in [0, 0.05) is 43.6 Å². The second kappa shape index (κ2) is 7.06. The Bertz CT molecular complexity index is 745. The Hall–Kier alpha value is -1.23. The van der Waals surface area contributed by atoms with Crippen molar-refractivity contribution in [1.29, 1.82) is 0 Å². The number of hydrogen-bond donors (Lipinski definition) is 0. The lowest BCUT2D eigenvalue weighted by Gasteiger charge is -2.36. The highest BCUT2D eigenvalue weighted by molar-refractivity contribution is 7.09. The third-order valence-electron chi connectivity index (χ3n) is 6.67. The van der Waals surface area contributed by atoms with Gasteiger partial charge < -0.3 is 0 Å². The molecule has 0 radical (unpaired) electrons. The van der Waals surface area contributed by atoms with Crippen LogP contribution in [0.25, 0.3) is 0 Å². The number of rotatable bonds is 4. The van der Waals surface area contributed by atoms with Gasteiger partial charge >= 0.3 is 0 Å².